The lowest BCUT2D eigenvalue weighted by molar-refractivity contribution is 1.14. The number of nitrogens with one attached hydrogen (secondary N) is 1. The topological polar surface area (TPSA) is 15.8 Å². The van der Waals surface area contributed by atoms with Gasteiger partial charge in [-0.1, -0.05) is 18.2 Å². The van der Waals surface area contributed by atoms with Crippen molar-refractivity contribution < 1.29 is 0 Å². The Morgan fingerprint density at radius 3 is 2.92 bits per heavy atom. The highest BCUT2D eigenvalue weighted by Gasteiger charge is 2.25. The molecule has 1 saturated carbocycles. The zero-order valence-electron chi connectivity index (χ0n) is 7.18. The van der Waals surface area contributed by atoms with Crippen molar-refractivity contribution >= 4 is 26.8 Å². The molecule has 2 aromatic rings. The highest BCUT2D eigenvalue weighted by molar-refractivity contribution is 9.10. The van der Waals surface area contributed by atoms with Gasteiger partial charge in [0.1, 0.15) is 0 Å². The lowest BCUT2D eigenvalue weighted by Gasteiger charge is -1.99. The predicted octanol–water partition coefficient (Wildman–Crippen LogP) is 3.81. The third kappa shape index (κ3) is 1.12. The van der Waals surface area contributed by atoms with Crippen molar-refractivity contribution in [1.82, 2.24) is 4.98 Å². The van der Waals surface area contributed by atoms with Crippen molar-refractivity contribution in [2.45, 2.75) is 18.8 Å². The summed E-state index contributed by atoms with van der Waals surface area (Å²) in [5.41, 5.74) is 2.81. The molecule has 0 unspecified atom stereocenters. The van der Waals surface area contributed by atoms with Crippen LogP contribution in [0.4, 0.5) is 0 Å². The average molecular weight is 236 g/mol. The molecule has 0 bridgehead atoms. The van der Waals surface area contributed by atoms with Gasteiger partial charge in [0.2, 0.25) is 0 Å². The molecule has 1 aliphatic rings. The second-order valence-electron chi connectivity index (χ2n) is 3.68. The van der Waals surface area contributed by atoms with Crippen molar-refractivity contribution in [1.29, 1.82) is 0 Å². The smallest absolute Gasteiger partial charge is 0.0501 e. The minimum Gasteiger partial charge on any atom is -0.360 e. The molecule has 1 aromatic carbocycles. The Bertz CT molecular complexity index is 454. The van der Waals surface area contributed by atoms with Gasteiger partial charge < -0.3 is 4.98 Å². The van der Waals surface area contributed by atoms with Crippen LogP contribution < -0.4 is 0 Å². The van der Waals surface area contributed by atoms with E-state index < -0.39 is 0 Å². The van der Waals surface area contributed by atoms with Crippen molar-refractivity contribution in [3.05, 3.63) is 34.4 Å². The van der Waals surface area contributed by atoms with Crippen molar-refractivity contribution in [3.63, 3.8) is 0 Å². The summed E-state index contributed by atoms with van der Waals surface area (Å²) in [6.07, 6.45) is 4.74. The number of halogens is 1. The molecule has 0 spiro atoms. The van der Waals surface area contributed by atoms with E-state index in [-0.39, 0.29) is 0 Å². The number of hydrogen-bond donors (Lipinski definition) is 1. The Morgan fingerprint density at radius 1 is 1.31 bits per heavy atom. The van der Waals surface area contributed by atoms with Gasteiger partial charge in [-0.25, -0.2) is 0 Å². The molecule has 13 heavy (non-hydrogen) atoms. The van der Waals surface area contributed by atoms with Gasteiger partial charge in [-0.3, -0.25) is 0 Å². The second kappa shape index (κ2) is 2.61. The van der Waals surface area contributed by atoms with Gasteiger partial charge >= 0.3 is 0 Å². The minimum atomic E-state index is 0.814. The number of hydrogen-bond acceptors (Lipinski definition) is 0. The summed E-state index contributed by atoms with van der Waals surface area (Å²) in [6, 6.07) is 6.54. The first-order valence-electron chi connectivity index (χ1n) is 4.62. The van der Waals surface area contributed by atoms with E-state index in [1.54, 1.807) is 0 Å². The summed E-state index contributed by atoms with van der Waals surface area (Å²) in [6.45, 7) is 0. The van der Waals surface area contributed by atoms with Gasteiger partial charge in [-0.2, -0.15) is 0 Å². The molecule has 0 aliphatic heterocycles. The van der Waals surface area contributed by atoms with Crippen LogP contribution in [0.3, 0.4) is 0 Å². The predicted molar refractivity (Wildman–Crippen MR) is 58.0 cm³/mol. The minimum absolute atomic E-state index is 0.814. The number of aromatic amines is 1. The largest absolute Gasteiger partial charge is 0.360 e. The van der Waals surface area contributed by atoms with Gasteiger partial charge in [0.05, 0.1) is 5.52 Å². The standard InChI is InChI=1S/C11H10BrN/c12-10-6-13-11-8(7-4-5-7)2-1-3-9(10)11/h1-3,6-7,13H,4-5H2. The fourth-order valence-corrected chi connectivity index (χ4v) is 2.32. The molecule has 1 aliphatic carbocycles. The molecular weight excluding hydrogens is 226 g/mol. The molecule has 1 nitrogen and oxygen atoms in total. The Morgan fingerprint density at radius 2 is 2.15 bits per heavy atom. The Labute approximate surface area is 85.3 Å². The van der Waals surface area contributed by atoms with Crippen LogP contribution in [-0.4, -0.2) is 4.98 Å². The Hall–Kier alpha value is -0.760. The molecule has 1 fully saturated rings. The molecule has 1 aromatic heterocycles. The molecule has 3 rings (SSSR count). The number of para-hydroxylation sites is 1. The first-order valence-corrected chi connectivity index (χ1v) is 5.41. The molecule has 0 saturated heterocycles. The van der Waals surface area contributed by atoms with Crippen LogP contribution in [0.15, 0.2) is 28.9 Å². The number of aromatic nitrogens is 1. The lowest BCUT2D eigenvalue weighted by atomic mass is 10.1. The zero-order chi connectivity index (χ0) is 8.84. The molecule has 0 atom stereocenters. The summed E-state index contributed by atoms with van der Waals surface area (Å²) in [7, 11) is 0. The summed E-state index contributed by atoms with van der Waals surface area (Å²) >= 11 is 3.54. The SMILES string of the molecule is Brc1c[nH]c2c(C3CC3)cccc12. The first-order chi connectivity index (χ1) is 6.36. The Balaban J connectivity index is 2.33. The van der Waals surface area contributed by atoms with E-state index in [0.717, 1.165) is 5.92 Å². The lowest BCUT2D eigenvalue weighted by Crippen LogP contribution is -1.80. The van der Waals surface area contributed by atoms with Crippen LogP contribution in [-0.2, 0) is 0 Å². The van der Waals surface area contributed by atoms with Crippen molar-refractivity contribution in [2.24, 2.45) is 0 Å². The maximum Gasteiger partial charge on any atom is 0.0501 e. The second-order valence-corrected chi connectivity index (χ2v) is 4.54. The van der Waals surface area contributed by atoms with Gasteiger partial charge in [-0.05, 0) is 40.3 Å². The summed E-state index contributed by atoms with van der Waals surface area (Å²) in [4.78, 5) is 3.33. The summed E-state index contributed by atoms with van der Waals surface area (Å²) in [5.74, 6) is 0.814. The summed E-state index contributed by atoms with van der Waals surface area (Å²) in [5, 5.41) is 1.31. The van der Waals surface area contributed by atoms with Crippen molar-refractivity contribution in [2.75, 3.05) is 0 Å². The van der Waals surface area contributed by atoms with Gasteiger partial charge in [0, 0.05) is 16.1 Å². The number of H-pyrrole nitrogens is 1. The Kier molecular flexibility index (Phi) is 1.53. The van der Waals surface area contributed by atoms with Crippen LogP contribution >= 0.6 is 15.9 Å². The number of rotatable bonds is 1. The van der Waals surface area contributed by atoms with Crippen molar-refractivity contribution in [3.8, 4) is 0 Å². The zero-order valence-corrected chi connectivity index (χ0v) is 8.76. The van der Waals surface area contributed by atoms with Crippen LogP contribution in [0.1, 0.15) is 24.3 Å². The molecular formula is C11H10BrN. The monoisotopic (exact) mass is 235 g/mol. The highest BCUT2D eigenvalue weighted by Crippen LogP contribution is 2.43. The molecule has 1 N–H and O–H groups in total. The van der Waals surface area contributed by atoms with E-state index in [2.05, 4.69) is 39.1 Å². The maximum absolute atomic E-state index is 3.54. The quantitative estimate of drug-likeness (QED) is 0.774. The third-order valence-corrected chi connectivity index (χ3v) is 3.37. The normalized spacial score (nSPS) is 16.7. The number of benzene rings is 1. The fraction of sp³-hybridized carbons (Fsp3) is 0.273. The van der Waals surface area contributed by atoms with Crippen LogP contribution in [0, 0.1) is 0 Å². The fourth-order valence-electron chi connectivity index (χ4n) is 1.88. The molecule has 0 amide bonds. The van der Waals surface area contributed by atoms with E-state index in [1.807, 2.05) is 6.20 Å². The van der Waals surface area contributed by atoms with Gasteiger partial charge in [0.25, 0.3) is 0 Å². The van der Waals surface area contributed by atoms with E-state index >= 15 is 0 Å². The summed E-state index contributed by atoms with van der Waals surface area (Å²) < 4.78 is 1.17. The van der Waals surface area contributed by atoms with E-state index in [9.17, 15) is 0 Å². The molecule has 1 heterocycles. The van der Waals surface area contributed by atoms with Crippen LogP contribution in [0.25, 0.3) is 10.9 Å². The van der Waals surface area contributed by atoms with Crippen LogP contribution in [0.5, 0.6) is 0 Å². The van der Waals surface area contributed by atoms with E-state index in [1.165, 1.54) is 33.8 Å². The first kappa shape index (κ1) is 7.63. The number of fused-ring (bicyclic) bond motifs is 1. The molecule has 0 radical (unpaired) electrons. The van der Waals surface area contributed by atoms with E-state index in [4.69, 9.17) is 0 Å². The van der Waals surface area contributed by atoms with Crippen LogP contribution in [0.2, 0.25) is 0 Å². The molecule has 2 heteroatoms. The highest BCUT2D eigenvalue weighted by atomic mass is 79.9. The van der Waals surface area contributed by atoms with Gasteiger partial charge in [0.15, 0.2) is 0 Å². The third-order valence-electron chi connectivity index (χ3n) is 2.71. The van der Waals surface area contributed by atoms with E-state index in [0.29, 0.717) is 0 Å². The molecule has 66 valence electrons. The average Bonchev–Trinajstić information content (AvgIpc) is 2.92. The maximum atomic E-state index is 3.54. The van der Waals surface area contributed by atoms with Gasteiger partial charge in [-0.15, -0.1) is 0 Å².